The molecule has 90 valence electrons. The molecule has 2 heterocycles. The van der Waals surface area contributed by atoms with E-state index in [1.165, 1.54) is 0 Å². The summed E-state index contributed by atoms with van der Waals surface area (Å²) in [6.07, 6.45) is 3.50. The van der Waals surface area contributed by atoms with Gasteiger partial charge in [0.2, 0.25) is 0 Å². The van der Waals surface area contributed by atoms with Gasteiger partial charge in [0.1, 0.15) is 5.82 Å². The van der Waals surface area contributed by atoms with Gasteiger partial charge in [0.05, 0.1) is 17.1 Å². The van der Waals surface area contributed by atoms with Crippen molar-refractivity contribution < 1.29 is 0 Å². The van der Waals surface area contributed by atoms with Gasteiger partial charge in [-0.2, -0.15) is 0 Å². The summed E-state index contributed by atoms with van der Waals surface area (Å²) < 4.78 is 2.04. The highest BCUT2D eigenvalue weighted by molar-refractivity contribution is 5.76. The van der Waals surface area contributed by atoms with Crippen LogP contribution in [0.4, 0.5) is 0 Å². The zero-order valence-corrected chi connectivity index (χ0v) is 10.1. The maximum atomic E-state index is 6.27. The summed E-state index contributed by atoms with van der Waals surface area (Å²) >= 11 is 0. The lowest BCUT2D eigenvalue weighted by atomic mass is 10.1. The molecule has 1 atom stereocenters. The van der Waals surface area contributed by atoms with Crippen LogP contribution in [0.3, 0.4) is 0 Å². The molecule has 0 fully saturated rings. The molecule has 0 aliphatic heterocycles. The van der Waals surface area contributed by atoms with Crippen LogP contribution < -0.4 is 5.73 Å². The molecule has 0 aliphatic carbocycles. The van der Waals surface area contributed by atoms with Crippen molar-refractivity contribution in [3.05, 3.63) is 60.2 Å². The second-order valence-electron chi connectivity index (χ2n) is 4.28. The molecule has 0 amide bonds. The van der Waals surface area contributed by atoms with Crippen molar-refractivity contribution in [1.82, 2.24) is 14.5 Å². The van der Waals surface area contributed by atoms with E-state index in [1.54, 1.807) is 12.4 Å². The lowest BCUT2D eigenvalue weighted by molar-refractivity contribution is 0.727. The Morgan fingerprint density at radius 3 is 2.56 bits per heavy atom. The third-order valence-electron chi connectivity index (χ3n) is 3.17. The van der Waals surface area contributed by atoms with E-state index in [0.717, 1.165) is 22.4 Å². The van der Waals surface area contributed by atoms with Gasteiger partial charge in [-0.3, -0.25) is 4.98 Å². The minimum Gasteiger partial charge on any atom is -0.330 e. The Balaban J connectivity index is 2.12. The Bertz CT molecular complexity index is 673. The molecule has 0 saturated heterocycles. The van der Waals surface area contributed by atoms with Crippen molar-refractivity contribution >= 4 is 11.0 Å². The molecule has 3 aromatic rings. The van der Waals surface area contributed by atoms with Gasteiger partial charge in [-0.05, 0) is 29.8 Å². The maximum Gasteiger partial charge on any atom is 0.131 e. The fourth-order valence-corrected chi connectivity index (χ4v) is 2.16. The van der Waals surface area contributed by atoms with Gasteiger partial charge in [-0.15, -0.1) is 0 Å². The van der Waals surface area contributed by atoms with Crippen LogP contribution in [-0.2, 0) is 7.05 Å². The molecular formula is C14H14N4. The van der Waals surface area contributed by atoms with Crippen molar-refractivity contribution in [2.75, 3.05) is 0 Å². The van der Waals surface area contributed by atoms with Crippen LogP contribution in [-0.4, -0.2) is 14.5 Å². The first-order chi connectivity index (χ1) is 8.77. The molecule has 4 nitrogen and oxygen atoms in total. The number of imidazole rings is 1. The van der Waals surface area contributed by atoms with E-state index in [2.05, 4.69) is 9.97 Å². The SMILES string of the molecule is Cn1c([C@@H](N)c2ccncc2)nc2ccccc21. The largest absolute Gasteiger partial charge is 0.330 e. The van der Waals surface area contributed by atoms with Gasteiger partial charge in [0, 0.05) is 19.4 Å². The number of aromatic nitrogens is 3. The minimum absolute atomic E-state index is 0.231. The fraction of sp³-hybridized carbons (Fsp3) is 0.143. The van der Waals surface area contributed by atoms with Gasteiger partial charge >= 0.3 is 0 Å². The topological polar surface area (TPSA) is 56.7 Å². The summed E-state index contributed by atoms with van der Waals surface area (Å²) in [5.41, 5.74) is 9.35. The predicted molar refractivity (Wildman–Crippen MR) is 71.0 cm³/mol. The number of hydrogen-bond donors (Lipinski definition) is 1. The van der Waals surface area contributed by atoms with E-state index >= 15 is 0 Å². The third kappa shape index (κ3) is 1.67. The average molecular weight is 238 g/mol. The van der Waals surface area contributed by atoms with E-state index < -0.39 is 0 Å². The maximum absolute atomic E-state index is 6.27. The Kier molecular flexibility index (Phi) is 2.57. The molecular weight excluding hydrogens is 224 g/mol. The lowest BCUT2D eigenvalue weighted by Gasteiger charge is -2.11. The third-order valence-corrected chi connectivity index (χ3v) is 3.17. The molecule has 0 saturated carbocycles. The highest BCUT2D eigenvalue weighted by Crippen LogP contribution is 2.22. The quantitative estimate of drug-likeness (QED) is 0.743. The number of para-hydroxylation sites is 2. The van der Waals surface area contributed by atoms with Crippen molar-refractivity contribution in [3.63, 3.8) is 0 Å². The van der Waals surface area contributed by atoms with Crippen LogP contribution in [0.15, 0.2) is 48.8 Å². The summed E-state index contributed by atoms with van der Waals surface area (Å²) in [7, 11) is 1.99. The molecule has 2 N–H and O–H groups in total. The number of benzene rings is 1. The number of pyridine rings is 1. The highest BCUT2D eigenvalue weighted by atomic mass is 15.1. The summed E-state index contributed by atoms with van der Waals surface area (Å²) in [4.78, 5) is 8.61. The van der Waals surface area contributed by atoms with Gasteiger partial charge in [0.25, 0.3) is 0 Å². The van der Waals surface area contributed by atoms with Crippen LogP contribution in [0.1, 0.15) is 17.4 Å². The summed E-state index contributed by atoms with van der Waals surface area (Å²) in [5.74, 6) is 0.863. The van der Waals surface area contributed by atoms with E-state index in [9.17, 15) is 0 Å². The molecule has 0 aliphatic rings. The van der Waals surface area contributed by atoms with Crippen LogP contribution in [0, 0.1) is 0 Å². The molecule has 1 aromatic carbocycles. The van der Waals surface area contributed by atoms with Crippen molar-refractivity contribution in [2.24, 2.45) is 12.8 Å². The van der Waals surface area contributed by atoms with E-state index in [1.807, 2.05) is 48.0 Å². The smallest absolute Gasteiger partial charge is 0.131 e. The number of nitrogens with two attached hydrogens (primary N) is 1. The number of aryl methyl sites for hydroxylation is 1. The normalized spacial score (nSPS) is 12.8. The molecule has 0 spiro atoms. The highest BCUT2D eigenvalue weighted by Gasteiger charge is 2.16. The first-order valence-electron chi connectivity index (χ1n) is 5.84. The first-order valence-corrected chi connectivity index (χ1v) is 5.84. The van der Waals surface area contributed by atoms with E-state index in [-0.39, 0.29) is 6.04 Å². The molecule has 18 heavy (non-hydrogen) atoms. The summed E-state index contributed by atoms with van der Waals surface area (Å²) in [6.45, 7) is 0. The molecule has 4 heteroatoms. The standard InChI is InChI=1S/C14H14N4/c1-18-12-5-3-2-4-11(12)17-14(18)13(15)10-6-8-16-9-7-10/h2-9,13H,15H2,1H3/t13-/m0/s1. The predicted octanol–water partition coefficient (Wildman–Crippen LogP) is 2.02. The Morgan fingerprint density at radius 1 is 1.11 bits per heavy atom. The van der Waals surface area contributed by atoms with E-state index in [0.29, 0.717) is 0 Å². The summed E-state index contributed by atoms with van der Waals surface area (Å²) in [6, 6.07) is 11.6. The minimum atomic E-state index is -0.231. The number of hydrogen-bond acceptors (Lipinski definition) is 3. The van der Waals surface area contributed by atoms with Gasteiger partial charge in [-0.1, -0.05) is 12.1 Å². The Morgan fingerprint density at radius 2 is 1.83 bits per heavy atom. The number of fused-ring (bicyclic) bond motifs is 1. The number of rotatable bonds is 2. The average Bonchev–Trinajstić information content (AvgIpc) is 2.77. The van der Waals surface area contributed by atoms with Crippen LogP contribution in [0.25, 0.3) is 11.0 Å². The summed E-state index contributed by atoms with van der Waals surface area (Å²) in [5, 5.41) is 0. The monoisotopic (exact) mass is 238 g/mol. The zero-order valence-electron chi connectivity index (χ0n) is 10.1. The Labute approximate surface area is 105 Å². The van der Waals surface area contributed by atoms with Crippen molar-refractivity contribution in [1.29, 1.82) is 0 Å². The Hall–Kier alpha value is -2.20. The van der Waals surface area contributed by atoms with Crippen LogP contribution in [0.5, 0.6) is 0 Å². The van der Waals surface area contributed by atoms with Crippen LogP contribution in [0.2, 0.25) is 0 Å². The zero-order chi connectivity index (χ0) is 12.5. The second kappa shape index (κ2) is 4.23. The van der Waals surface area contributed by atoms with Gasteiger partial charge in [0.15, 0.2) is 0 Å². The first kappa shape index (κ1) is 10.9. The van der Waals surface area contributed by atoms with E-state index in [4.69, 9.17) is 5.73 Å². The van der Waals surface area contributed by atoms with Gasteiger partial charge in [-0.25, -0.2) is 4.98 Å². The second-order valence-corrected chi connectivity index (χ2v) is 4.28. The molecule has 2 aromatic heterocycles. The fourth-order valence-electron chi connectivity index (χ4n) is 2.16. The lowest BCUT2D eigenvalue weighted by Crippen LogP contribution is -2.16. The molecule has 0 radical (unpaired) electrons. The molecule has 0 unspecified atom stereocenters. The van der Waals surface area contributed by atoms with Crippen molar-refractivity contribution in [2.45, 2.75) is 6.04 Å². The number of nitrogens with zero attached hydrogens (tertiary/aromatic N) is 3. The van der Waals surface area contributed by atoms with Crippen LogP contribution >= 0.6 is 0 Å². The molecule has 3 rings (SSSR count). The van der Waals surface area contributed by atoms with Gasteiger partial charge < -0.3 is 10.3 Å². The molecule has 0 bridgehead atoms. The van der Waals surface area contributed by atoms with Crippen molar-refractivity contribution in [3.8, 4) is 0 Å².